The molecule has 0 unspecified atom stereocenters. The number of para-hydroxylation sites is 2. The zero-order valence-corrected chi connectivity index (χ0v) is 26.9. The molecule has 0 aliphatic heterocycles. The van der Waals surface area contributed by atoms with Crippen molar-refractivity contribution in [1.82, 2.24) is 19.5 Å². The van der Waals surface area contributed by atoms with Crippen LogP contribution in [0.4, 0.5) is 0 Å². The molecular formula is C45H28N4O. The molecule has 0 spiro atoms. The molecule has 0 atom stereocenters. The van der Waals surface area contributed by atoms with E-state index in [0.717, 1.165) is 66.5 Å². The van der Waals surface area contributed by atoms with Crippen LogP contribution in [0.2, 0.25) is 0 Å². The summed E-state index contributed by atoms with van der Waals surface area (Å²) in [5.74, 6) is 1.83. The Kier molecular flexibility index (Phi) is 6.42. The van der Waals surface area contributed by atoms with E-state index in [9.17, 15) is 0 Å². The van der Waals surface area contributed by atoms with E-state index >= 15 is 0 Å². The van der Waals surface area contributed by atoms with Gasteiger partial charge in [-0.2, -0.15) is 0 Å². The topological polar surface area (TPSA) is 56.7 Å². The third-order valence-corrected chi connectivity index (χ3v) is 9.48. The molecule has 0 amide bonds. The van der Waals surface area contributed by atoms with Crippen LogP contribution in [-0.4, -0.2) is 19.5 Å². The average molecular weight is 641 g/mol. The van der Waals surface area contributed by atoms with Crippen molar-refractivity contribution in [1.29, 1.82) is 0 Å². The van der Waals surface area contributed by atoms with Gasteiger partial charge in [0, 0.05) is 50.0 Å². The van der Waals surface area contributed by atoms with E-state index in [4.69, 9.17) is 19.4 Å². The second-order valence-electron chi connectivity index (χ2n) is 12.4. The fourth-order valence-electron chi connectivity index (χ4n) is 7.22. The third-order valence-electron chi connectivity index (χ3n) is 9.48. The monoisotopic (exact) mass is 640 g/mol. The maximum Gasteiger partial charge on any atom is 0.164 e. The molecule has 0 bridgehead atoms. The Bertz CT molecular complexity index is 2820. The summed E-state index contributed by atoms with van der Waals surface area (Å²) in [5.41, 5.74) is 9.88. The molecule has 5 nitrogen and oxygen atoms in total. The normalized spacial score (nSPS) is 11.6. The number of hydrogen-bond acceptors (Lipinski definition) is 4. The van der Waals surface area contributed by atoms with Gasteiger partial charge in [0.25, 0.3) is 0 Å². The average Bonchev–Trinajstić information content (AvgIpc) is 3.74. The van der Waals surface area contributed by atoms with Gasteiger partial charge in [-0.15, -0.1) is 0 Å². The summed E-state index contributed by atoms with van der Waals surface area (Å²) >= 11 is 0. The first-order chi connectivity index (χ1) is 24.8. The standard InChI is InChI=1S/C45H28N4O/c1-3-14-29(15-4-1)32-18-7-8-21-35(32)44-46-43(30-16-5-2-6-17-30)47-45(48-44)37-22-13-25-40-42(37)36-27-26-31(28-41(36)50-40)49-38-23-11-9-19-33(38)34-20-10-12-24-39(34)49/h1-28H. The van der Waals surface area contributed by atoms with Crippen molar-refractivity contribution >= 4 is 43.7 Å². The van der Waals surface area contributed by atoms with Crippen molar-refractivity contribution < 1.29 is 4.42 Å². The van der Waals surface area contributed by atoms with Crippen LogP contribution in [0.3, 0.4) is 0 Å². The first-order valence-corrected chi connectivity index (χ1v) is 16.7. The molecule has 3 aromatic heterocycles. The molecule has 10 rings (SSSR count). The van der Waals surface area contributed by atoms with Gasteiger partial charge in [-0.05, 0) is 41.5 Å². The summed E-state index contributed by atoms with van der Waals surface area (Å²) in [6.07, 6.45) is 0. The number of aromatic nitrogens is 4. The lowest BCUT2D eigenvalue weighted by molar-refractivity contribution is 0.668. The van der Waals surface area contributed by atoms with Gasteiger partial charge in [-0.3, -0.25) is 0 Å². The van der Waals surface area contributed by atoms with Crippen LogP contribution in [-0.2, 0) is 0 Å². The largest absolute Gasteiger partial charge is 0.456 e. The van der Waals surface area contributed by atoms with E-state index in [2.05, 4.69) is 120 Å². The molecule has 0 saturated carbocycles. The first-order valence-electron chi connectivity index (χ1n) is 16.7. The molecule has 0 N–H and O–H groups in total. The molecule has 0 saturated heterocycles. The van der Waals surface area contributed by atoms with Crippen molar-refractivity contribution in [3.63, 3.8) is 0 Å². The van der Waals surface area contributed by atoms with Gasteiger partial charge in [0.15, 0.2) is 17.5 Å². The quantitative estimate of drug-likeness (QED) is 0.188. The maximum atomic E-state index is 6.60. The van der Waals surface area contributed by atoms with Crippen LogP contribution >= 0.6 is 0 Å². The van der Waals surface area contributed by atoms with Gasteiger partial charge in [0.1, 0.15) is 11.2 Å². The summed E-state index contributed by atoms with van der Waals surface area (Å²) in [5, 5.41) is 4.43. The number of rotatable bonds is 5. The van der Waals surface area contributed by atoms with E-state index in [1.807, 2.05) is 54.6 Å². The predicted octanol–water partition coefficient (Wildman–Crippen LogP) is 11.5. The Hall–Kier alpha value is -6.85. The summed E-state index contributed by atoms with van der Waals surface area (Å²) in [4.78, 5) is 15.3. The lowest BCUT2D eigenvalue weighted by Gasteiger charge is -2.12. The van der Waals surface area contributed by atoms with Gasteiger partial charge in [-0.1, -0.05) is 133 Å². The van der Waals surface area contributed by atoms with Crippen LogP contribution in [0.5, 0.6) is 0 Å². The molecule has 50 heavy (non-hydrogen) atoms. The maximum absolute atomic E-state index is 6.60. The van der Waals surface area contributed by atoms with Gasteiger partial charge in [-0.25, -0.2) is 15.0 Å². The first kappa shape index (κ1) is 28.2. The number of benzene rings is 7. The van der Waals surface area contributed by atoms with E-state index in [1.54, 1.807) is 0 Å². The van der Waals surface area contributed by atoms with E-state index in [0.29, 0.717) is 17.5 Å². The van der Waals surface area contributed by atoms with Crippen molar-refractivity contribution in [2.24, 2.45) is 0 Å². The van der Waals surface area contributed by atoms with Gasteiger partial charge < -0.3 is 8.98 Å². The zero-order chi connectivity index (χ0) is 33.0. The lowest BCUT2D eigenvalue weighted by atomic mass is 9.99. The number of fused-ring (bicyclic) bond motifs is 6. The number of furan rings is 1. The zero-order valence-electron chi connectivity index (χ0n) is 26.9. The third kappa shape index (κ3) is 4.52. The molecule has 3 heterocycles. The SMILES string of the molecule is c1ccc(-c2nc(-c3ccccc3-c3ccccc3)nc(-c3cccc4oc5cc(-n6c7ccccc7c7ccccc76)ccc5c34)n2)cc1. The van der Waals surface area contributed by atoms with Crippen molar-refractivity contribution in [3.05, 3.63) is 170 Å². The highest BCUT2D eigenvalue weighted by Gasteiger charge is 2.20. The van der Waals surface area contributed by atoms with Crippen LogP contribution in [0.1, 0.15) is 0 Å². The highest BCUT2D eigenvalue weighted by Crippen LogP contribution is 2.39. The Morgan fingerprint density at radius 2 is 0.940 bits per heavy atom. The summed E-state index contributed by atoms with van der Waals surface area (Å²) in [6.45, 7) is 0. The van der Waals surface area contributed by atoms with Crippen molar-refractivity contribution in [2.45, 2.75) is 0 Å². The fourth-order valence-corrected chi connectivity index (χ4v) is 7.22. The summed E-state index contributed by atoms with van der Waals surface area (Å²) < 4.78 is 8.91. The highest BCUT2D eigenvalue weighted by atomic mass is 16.3. The van der Waals surface area contributed by atoms with Gasteiger partial charge in [0.2, 0.25) is 0 Å². The molecule has 0 aliphatic rings. The van der Waals surface area contributed by atoms with Crippen LogP contribution in [0, 0.1) is 0 Å². The number of hydrogen-bond donors (Lipinski definition) is 0. The van der Waals surface area contributed by atoms with E-state index < -0.39 is 0 Å². The van der Waals surface area contributed by atoms with Crippen molar-refractivity contribution in [2.75, 3.05) is 0 Å². The Labute approximate surface area is 287 Å². The Morgan fingerprint density at radius 3 is 1.66 bits per heavy atom. The minimum atomic E-state index is 0.594. The van der Waals surface area contributed by atoms with Crippen LogP contribution < -0.4 is 0 Å². The molecule has 10 aromatic rings. The fraction of sp³-hybridized carbons (Fsp3) is 0. The minimum absolute atomic E-state index is 0.594. The highest BCUT2D eigenvalue weighted by molar-refractivity contribution is 6.13. The van der Waals surface area contributed by atoms with Gasteiger partial charge in [0.05, 0.1) is 11.0 Å². The number of nitrogens with zero attached hydrogens (tertiary/aromatic N) is 4. The molecule has 7 aromatic carbocycles. The second kappa shape index (κ2) is 11.4. The Balaban J connectivity index is 1.19. The molecule has 0 radical (unpaired) electrons. The predicted molar refractivity (Wildman–Crippen MR) is 203 cm³/mol. The van der Waals surface area contributed by atoms with Crippen LogP contribution in [0.25, 0.3) is 94.7 Å². The minimum Gasteiger partial charge on any atom is -0.456 e. The molecule has 0 aliphatic carbocycles. The molecular weight excluding hydrogens is 613 g/mol. The van der Waals surface area contributed by atoms with Gasteiger partial charge >= 0.3 is 0 Å². The second-order valence-corrected chi connectivity index (χ2v) is 12.4. The van der Waals surface area contributed by atoms with Crippen LogP contribution in [0.15, 0.2) is 174 Å². The smallest absolute Gasteiger partial charge is 0.164 e. The molecule has 5 heteroatoms. The van der Waals surface area contributed by atoms with E-state index in [1.165, 1.54) is 10.8 Å². The van der Waals surface area contributed by atoms with Crippen molar-refractivity contribution in [3.8, 4) is 51.0 Å². The molecule has 234 valence electrons. The summed E-state index contributed by atoms with van der Waals surface area (Å²) in [7, 11) is 0. The van der Waals surface area contributed by atoms with E-state index in [-0.39, 0.29) is 0 Å². The summed E-state index contributed by atoms with van der Waals surface area (Å²) in [6, 6.07) is 58.4. The Morgan fingerprint density at radius 1 is 0.380 bits per heavy atom. The lowest BCUT2D eigenvalue weighted by Crippen LogP contribution is -2.01. The molecule has 0 fully saturated rings.